The molecule has 0 fully saturated rings. The fourth-order valence-corrected chi connectivity index (χ4v) is 3.17. The van der Waals surface area contributed by atoms with E-state index in [0.717, 1.165) is 49.4 Å². The van der Waals surface area contributed by atoms with Crippen LogP contribution in [0.4, 0.5) is 13.2 Å². The van der Waals surface area contributed by atoms with Crippen molar-refractivity contribution in [3.8, 4) is 16.9 Å². The van der Waals surface area contributed by atoms with Gasteiger partial charge in [-0.1, -0.05) is 38.0 Å². The summed E-state index contributed by atoms with van der Waals surface area (Å²) < 4.78 is 41.6. The highest BCUT2D eigenvalue weighted by molar-refractivity contribution is 7.98. The average Bonchev–Trinajstić information content (AvgIpc) is 2.60. The molecule has 2 N–H and O–H groups in total. The predicted molar refractivity (Wildman–Crippen MR) is 96.7 cm³/mol. The molecule has 2 aromatic carbocycles. The highest BCUT2D eigenvalue weighted by Crippen LogP contribution is 2.39. The molecule has 0 aliphatic carbocycles. The molecule has 0 spiro atoms. The molecule has 7 heteroatoms. The molecule has 0 unspecified atom stereocenters. The molecule has 140 valence electrons. The molecule has 26 heavy (non-hydrogen) atoms. The Kier molecular flexibility index (Phi) is 6.97. The molecule has 1 amide bonds. The van der Waals surface area contributed by atoms with E-state index in [1.54, 1.807) is 24.3 Å². The van der Waals surface area contributed by atoms with E-state index in [9.17, 15) is 23.1 Å². The van der Waals surface area contributed by atoms with E-state index in [1.165, 1.54) is 0 Å². The average molecular weight is 383 g/mol. The molecule has 0 atom stereocenters. The summed E-state index contributed by atoms with van der Waals surface area (Å²) in [6.45, 7) is 2.05. The van der Waals surface area contributed by atoms with Gasteiger partial charge in [0.25, 0.3) is 0 Å². The van der Waals surface area contributed by atoms with Gasteiger partial charge in [0.2, 0.25) is 5.91 Å². The fourth-order valence-electron chi connectivity index (χ4n) is 2.40. The Labute approximate surface area is 154 Å². The molecule has 0 bridgehead atoms. The first kappa shape index (κ1) is 20.2. The first-order chi connectivity index (χ1) is 12.3. The number of rotatable bonds is 7. The van der Waals surface area contributed by atoms with E-state index in [-0.39, 0.29) is 17.2 Å². The van der Waals surface area contributed by atoms with Crippen molar-refractivity contribution in [1.82, 2.24) is 4.72 Å². The summed E-state index contributed by atoms with van der Waals surface area (Å²) in [5, 5.41) is 10.0. The Morgan fingerprint density at radius 3 is 2.54 bits per heavy atom. The maximum Gasteiger partial charge on any atom is 0.416 e. The quantitative estimate of drug-likeness (QED) is 0.471. The summed E-state index contributed by atoms with van der Waals surface area (Å²) in [7, 11) is 0. The third-order valence-corrected chi connectivity index (χ3v) is 4.69. The van der Waals surface area contributed by atoms with Crippen LogP contribution in [0.1, 0.15) is 38.2 Å². The number of aromatic hydroxyl groups is 1. The van der Waals surface area contributed by atoms with Crippen molar-refractivity contribution in [2.75, 3.05) is 0 Å². The number of hydrogen-bond donors (Lipinski definition) is 2. The summed E-state index contributed by atoms with van der Waals surface area (Å²) >= 11 is 1.04. The SMILES string of the molecule is CCCCCC(=O)NSc1ccccc1-c1cc(C(F)(F)F)ccc1O. The van der Waals surface area contributed by atoms with E-state index in [4.69, 9.17) is 0 Å². The van der Waals surface area contributed by atoms with E-state index in [0.29, 0.717) is 16.9 Å². The Hall–Kier alpha value is -2.15. The summed E-state index contributed by atoms with van der Waals surface area (Å²) in [6.07, 6.45) is -1.33. The first-order valence-corrected chi connectivity index (χ1v) is 9.10. The standard InChI is InChI=1S/C19H20F3NO2S/c1-2-3-4-9-18(25)23-26-17-8-6-5-7-14(17)15-12-13(19(20,21)22)10-11-16(15)24/h5-8,10-12,24H,2-4,9H2,1H3,(H,23,25). The van der Waals surface area contributed by atoms with Crippen molar-refractivity contribution >= 4 is 17.9 Å². The van der Waals surface area contributed by atoms with Gasteiger partial charge in [-0.15, -0.1) is 0 Å². The highest BCUT2D eigenvalue weighted by Gasteiger charge is 2.31. The second-order valence-electron chi connectivity index (χ2n) is 5.81. The minimum Gasteiger partial charge on any atom is -0.507 e. The van der Waals surface area contributed by atoms with Gasteiger partial charge in [-0.2, -0.15) is 13.2 Å². The van der Waals surface area contributed by atoms with Gasteiger partial charge in [-0.05, 0) is 42.6 Å². The van der Waals surface area contributed by atoms with Gasteiger partial charge in [0.15, 0.2) is 0 Å². The van der Waals surface area contributed by atoms with E-state index in [1.807, 2.05) is 6.92 Å². The monoisotopic (exact) mass is 383 g/mol. The van der Waals surface area contributed by atoms with Crippen LogP contribution in [0.3, 0.4) is 0 Å². The molecule has 0 heterocycles. The van der Waals surface area contributed by atoms with Crippen LogP contribution in [-0.2, 0) is 11.0 Å². The van der Waals surface area contributed by atoms with Crippen LogP contribution in [0.5, 0.6) is 5.75 Å². The zero-order valence-corrected chi connectivity index (χ0v) is 15.1. The van der Waals surface area contributed by atoms with Gasteiger partial charge in [0, 0.05) is 22.4 Å². The normalized spacial score (nSPS) is 11.4. The van der Waals surface area contributed by atoms with E-state index in [2.05, 4.69) is 4.72 Å². The highest BCUT2D eigenvalue weighted by atomic mass is 32.2. The topological polar surface area (TPSA) is 49.3 Å². The second kappa shape index (κ2) is 8.98. The van der Waals surface area contributed by atoms with Crippen molar-refractivity contribution in [3.05, 3.63) is 48.0 Å². The Morgan fingerprint density at radius 1 is 1.12 bits per heavy atom. The van der Waals surface area contributed by atoms with Gasteiger partial charge in [-0.25, -0.2) is 0 Å². The fraction of sp³-hybridized carbons (Fsp3) is 0.316. The van der Waals surface area contributed by atoms with Crippen LogP contribution in [0.15, 0.2) is 47.4 Å². The largest absolute Gasteiger partial charge is 0.507 e. The second-order valence-corrected chi connectivity index (χ2v) is 6.66. The van der Waals surface area contributed by atoms with E-state index >= 15 is 0 Å². The molecule has 0 aliphatic heterocycles. The number of halogens is 3. The molecule has 0 saturated carbocycles. The Balaban J connectivity index is 2.23. The predicted octanol–water partition coefficient (Wildman–Crippen LogP) is 5.78. The summed E-state index contributed by atoms with van der Waals surface area (Å²) in [6, 6.07) is 9.47. The lowest BCUT2D eigenvalue weighted by Crippen LogP contribution is -2.15. The maximum absolute atomic E-state index is 13.0. The van der Waals surface area contributed by atoms with Gasteiger partial charge >= 0.3 is 6.18 Å². The number of hydrogen-bond acceptors (Lipinski definition) is 3. The molecule has 3 nitrogen and oxygen atoms in total. The number of nitrogens with one attached hydrogen (secondary N) is 1. The maximum atomic E-state index is 13.0. The minimum absolute atomic E-state index is 0.0724. The lowest BCUT2D eigenvalue weighted by Gasteiger charge is -2.14. The molecular formula is C19H20F3NO2S. The first-order valence-electron chi connectivity index (χ1n) is 8.28. The molecule has 2 rings (SSSR count). The van der Waals surface area contributed by atoms with Crippen LogP contribution in [0.2, 0.25) is 0 Å². The zero-order valence-electron chi connectivity index (χ0n) is 14.3. The Bertz CT molecular complexity index is 763. The van der Waals surface area contributed by atoms with Crippen molar-refractivity contribution in [1.29, 1.82) is 0 Å². The lowest BCUT2D eigenvalue weighted by molar-refractivity contribution is -0.137. The smallest absolute Gasteiger partial charge is 0.416 e. The van der Waals surface area contributed by atoms with Crippen LogP contribution < -0.4 is 4.72 Å². The van der Waals surface area contributed by atoms with E-state index < -0.39 is 11.7 Å². The van der Waals surface area contributed by atoms with Gasteiger partial charge in [0.1, 0.15) is 5.75 Å². The van der Waals surface area contributed by atoms with Crippen molar-refractivity contribution in [2.24, 2.45) is 0 Å². The van der Waals surface area contributed by atoms with Gasteiger partial charge < -0.3 is 5.11 Å². The number of alkyl halides is 3. The summed E-state index contributed by atoms with van der Waals surface area (Å²) in [5.41, 5.74) is -0.341. The molecule has 0 aromatic heterocycles. The van der Waals surface area contributed by atoms with Crippen LogP contribution in [-0.4, -0.2) is 11.0 Å². The van der Waals surface area contributed by atoms with Crippen LogP contribution in [0.25, 0.3) is 11.1 Å². The molecular weight excluding hydrogens is 363 g/mol. The number of carbonyl (C=O) groups excluding carboxylic acids is 1. The summed E-state index contributed by atoms with van der Waals surface area (Å²) in [5.74, 6) is -0.383. The van der Waals surface area contributed by atoms with Crippen molar-refractivity contribution in [3.63, 3.8) is 0 Å². The molecule has 0 radical (unpaired) electrons. The zero-order chi connectivity index (χ0) is 19.2. The number of amides is 1. The van der Waals surface area contributed by atoms with Crippen molar-refractivity contribution < 1.29 is 23.1 Å². The number of benzene rings is 2. The minimum atomic E-state index is -4.50. The number of unbranched alkanes of at least 4 members (excludes halogenated alkanes) is 2. The molecule has 0 aliphatic rings. The number of carbonyl (C=O) groups is 1. The lowest BCUT2D eigenvalue weighted by atomic mass is 10.0. The number of phenolic OH excluding ortho intramolecular Hbond substituents is 1. The Morgan fingerprint density at radius 2 is 1.85 bits per heavy atom. The number of phenols is 1. The van der Waals surface area contributed by atoms with Gasteiger partial charge in [0.05, 0.1) is 5.56 Å². The van der Waals surface area contributed by atoms with Crippen LogP contribution >= 0.6 is 11.9 Å². The third-order valence-electron chi connectivity index (χ3n) is 3.78. The van der Waals surface area contributed by atoms with Crippen LogP contribution in [0, 0.1) is 0 Å². The third kappa shape index (κ3) is 5.42. The molecule has 2 aromatic rings. The molecule has 0 saturated heterocycles. The van der Waals surface area contributed by atoms with Gasteiger partial charge in [-0.3, -0.25) is 9.52 Å². The van der Waals surface area contributed by atoms with Crippen molar-refractivity contribution in [2.45, 2.75) is 43.7 Å². The summed E-state index contributed by atoms with van der Waals surface area (Å²) in [4.78, 5) is 12.4.